The number of amides is 1. The fourth-order valence-corrected chi connectivity index (χ4v) is 3.89. The van der Waals surface area contributed by atoms with Crippen LogP contribution in [-0.4, -0.2) is 27.6 Å². The largest absolute Gasteiger partial charge is 0.338 e. The van der Waals surface area contributed by atoms with Crippen LogP contribution in [0.15, 0.2) is 71.8 Å². The number of carbonyl (C=O) groups is 1. The van der Waals surface area contributed by atoms with E-state index in [1.807, 2.05) is 67.4 Å². The van der Waals surface area contributed by atoms with Gasteiger partial charge in [-0.2, -0.15) is 0 Å². The number of para-hydroxylation sites is 1. The minimum absolute atomic E-state index is 0.144. The molecule has 1 aromatic heterocycles. The van der Waals surface area contributed by atoms with Crippen molar-refractivity contribution in [2.75, 3.05) is 6.54 Å². The number of carbonyl (C=O) groups excluding carboxylic acids is 1. The molecule has 1 atom stereocenters. The van der Waals surface area contributed by atoms with Crippen LogP contribution in [0.3, 0.4) is 0 Å². The van der Waals surface area contributed by atoms with Crippen LogP contribution >= 0.6 is 11.8 Å². The highest BCUT2D eigenvalue weighted by atomic mass is 32.2. The summed E-state index contributed by atoms with van der Waals surface area (Å²) in [4.78, 5) is 20.3. The van der Waals surface area contributed by atoms with Crippen molar-refractivity contribution in [1.29, 1.82) is 0 Å². The van der Waals surface area contributed by atoms with Gasteiger partial charge >= 0.3 is 0 Å². The summed E-state index contributed by atoms with van der Waals surface area (Å²) in [5, 5.41) is 0.954. The molecule has 0 radical (unpaired) electrons. The molecule has 0 aliphatic carbocycles. The van der Waals surface area contributed by atoms with E-state index < -0.39 is 0 Å². The van der Waals surface area contributed by atoms with Crippen LogP contribution in [0.4, 0.5) is 0 Å². The molecule has 0 saturated heterocycles. The Kier molecular flexibility index (Phi) is 5.71. The Bertz CT molecular complexity index is 845. The first-order chi connectivity index (χ1) is 12.2. The van der Waals surface area contributed by atoms with Gasteiger partial charge in [0, 0.05) is 29.6 Å². The van der Waals surface area contributed by atoms with Gasteiger partial charge in [0.05, 0.1) is 10.8 Å². The van der Waals surface area contributed by atoms with Gasteiger partial charge < -0.3 is 4.90 Å². The van der Waals surface area contributed by atoms with E-state index in [2.05, 4.69) is 23.2 Å². The molecule has 0 aliphatic heterocycles. The second-order valence-electron chi connectivity index (χ2n) is 5.92. The monoisotopic (exact) mass is 350 g/mol. The third kappa shape index (κ3) is 4.20. The topological polar surface area (TPSA) is 33.2 Å². The first-order valence-electron chi connectivity index (χ1n) is 8.52. The highest BCUT2D eigenvalue weighted by molar-refractivity contribution is 8.00. The van der Waals surface area contributed by atoms with E-state index in [-0.39, 0.29) is 11.2 Å². The van der Waals surface area contributed by atoms with Crippen LogP contribution in [-0.2, 0) is 11.3 Å². The molecular formula is C21H22N2OS. The highest BCUT2D eigenvalue weighted by Gasteiger charge is 2.21. The van der Waals surface area contributed by atoms with Gasteiger partial charge in [0.2, 0.25) is 5.91 Å². The Morgan fingerprint density at radius 3 is 2.56 bits per heavy atom. The Labute approximate surface area is 153 Å². The van der Waals surface area contributed by atoms with E-state index in [1.165, 1.54) is 0 Å². The SMILES string of the molecule is CCN(Cc1ccccc1)C(=O)C(C)Sc1ccnc2ccccc12. The summed E-state index contributed by atoms with van der Waals surface area (Å²) in [7, 11) is 0. The average molecular weight is 350 g/mol. The van der Waals surface area contributed by atoms with E-state index in [0.29, 0.717) is 13.1 Å². The second kappa shape index (κ2) is 8.17. The molecule has 0 fully saturated rings. The van der Waals surface area contributed by atoms with Gasteiger partial charge in [-0.1, -0.05) is 48.5 Å². The average Bonchev–Trinajstić information content (AvgIpc) is 2.66. The van der Waals surface area contributed by atoms with Gasteiger partial charge in [-0.3, -0.25) is 9.78 Å². The quantitative estimate of drug-likeness (QED) is 0.601. The molecule has 0 aliphatic rings. The van der Waals surface area contributed by atoms with Crippen LogP contribution < -0.4 is 0 Å². The van der Waals surface area contributed by atoms with E-state index in [1.54, 1.807) is 11.8 Å². The number of fused-ring (bicyclic) bond motifs is 1. The lowest BCUT2D eigenvalue weighted by Gasteiger charge is -2.24. The molecule has 2 aromatic carbocycles. The Hall–Kier alpha value is -2.33. The minimum Gasteiger partial charge on any atom is -0.338 e. The van der Waals surface area contributed by atoms with Gasteiger partial charge in [0.15, 0.2) is 0 Å². The number of hydrogen-bond donors (Lipinski definition) is 0. The lowest BCUT2D eigenvalue weighted by atomic mass is 10.2. The van der Waals surface area contributed by atoms with Crippen LogP contribution in [0.1, 0.15) is 19.4 Å². The summed E-state index contributed by atoms with van der Waals surface area (Å²) < 4.78 is 0. The minimum atomic E-state index is -0.144. The predicted molar refractivity (Wildman–Crippen MR) is 105 cm³/mol. The smallest absolute Gasteiger partial charge is 0.236 e. The summed E-state index contributed by atoms with van der Waals surface area (Å²) in [5.41, 5.74) is 2.12. The van der Waals surface area contributed by atoms with Crippen molar-refractivity contribution in [2.45, 2.75) is 30.5 Å². The van der Waals surface area contributed by atoms with Crippen LogP contribution in [0.2, 0.25) is 0 Å². The van der Waals surface area contributed by atoms with Gasteiger partial charge in [0.1, 0.15) is 0 Å². The van der Waals surface area contributed by atoms with Gasteiger partial charge in [-0.05, 0) is 31.5 Å². The van der Waals surface area contributed by atoms with Crippen molar-refractivity contribution >= 4 is 28.6 Å². The van der Waals surface area contributed by atoms with Crippen LogP contribution in [0.5, 0.6) is 0 Å². The summed E-state index contributed by atoms with van der Waals surface area (Å²) in [6.45, 7) is 5.36. The van der Waals surface area contributed by atoms with E-state index in [9.17, 15) is 4.79 Å². The zero-order valence-electron chi connectivity index (χ0n) is 14.6. The normalized spacial score (nSPS) is 12.1. The molecule has 1 unspecified atom stereocenters. The zero-order valence-corrected chi connectivity index (χ0v) is 15.4. The molecule has 4 heteroatoms. The number of rotatable bonds is 6. The summed E-state index contributed by atoms with van der Waals surface area (Å²) in [6, 6.07) is 20.2. The number of aromatic nitrogens is 1. The molecule has 0 N–H and O–H groups in total. The lowest BCUT2D eigenvalue weighted by molar-refractivity contribution is -0.130. The predicted octanol–water partition coefficient (Wildman–Crippen LogP) is 4.76. The Morgan fingerprint density at radius 1 is 1.08 bits per heavy atom. The second-order valence-corrected chi connectivity index (χ2v) is 7.31. The molecule has 0 spiro atoms. The zero-order chi connectivity index (χ0) is 17.6. The Morgan fingerprint density at radius 2 is 1.80 bits per heavy atom. The summed E-state index contributed by atoms with van der Waals surface area (Å²) in [5.74, 6) is 0.164. The van der Waals surface area contributed by atoms with Crippen molar-refractivity contribution < 1.29 is 4.79 Å². The van der Waals surface area contributed by atoms with Crippen LogP contribution in [0, 0.1) is 0 Å². The molecule has 3 aromatic rings. The molecule has 1 amide bonds. The number of pyridine rings is 1. The molecule has 3 nitrogen and oxygen atoms in total. The molecule has 3 rings (SSSR count). The van der Waals surface area contributed by atoms with Crippen molar-refractivity contribution in [2.24, 2.45) is 0 Å². The number of thioether (sulfide) groups is 1. The first-order valence-corrected chi connectivity index (χ1v) is 9.40. The number of benzene rings is 2. The lowest BCUT2D eigenvalue weighted by Crippen LogP contribution is -2.35. The number of hydrogen-bond acceptors (Lipinski definition) is 3. The molecular weight excluding hydrogens is 328 g/mol. The van der Waals surface area contributed by atoms with E-state index in [4.69, 9.17) is 0 Å². The van der Waals surface area contributed by atoms with Crippen molar-refractivity contribution in [3.05, 3.63) is 72.4 Å². The first kappa shape index (κ1) is 17.5. The number of nitrogens with zero attached hydrogens (tertiary/aromatic N) is 2. The maximum atomic E-state index is 12.9. The molecule has 1 heterocycles. The van der Waals surface area contributed by atoms with Crippen molar-refractivity contribution in [3.8, 4) is 0 Å². The molecule has 0 saturated carbocycles. The van der Waals surface area contributed by atoms with Gasteiger partial charge in [-0.15, -0.1) is 11.8 Å². The van der Waals surface area contributed by atoms with Crippen LogP contribution in [0.25, 0.3) is 10.9 Å². The third-order valence-electron chi connectivity index (χ3n) is 4.17. The maximum absolute atomic E-state index is 12.9. The van der Waals surface area contributed by atoms with E-state index >= 15 is 0 Å². The van der Waals surface area contributed by atoms with E-state index in [0.717, 1.165) is 21.4 Å². The van der Waals surface area contributed by atoms with Gasteiger partial charge in [0.25, 0.3) is 0 Å². The molecule has 128 valence electrons. The molecule has 25 heavy (non-hydrogen) atoms. The van der Waals surface area contributed by atoms with Crippen molar-refractivity contribution in [1.82, 2.24) is 9.88 Å². The fourth-order valence-electron chi connectivity index (χ4n) is 2.82. The third-order valence-corrected chi connectivity index (χ3v) is 5.34. The van der Waals surface area contributed by atoms with Crippen molar-refractivity contribution in [3.63, 3.8) is 0 Å². The Balaban J connectivity index is 1.74. The summed E-state index contributed by atoms with van der Waals surface area (Å²) >= 11 is 1.60. The summed E-state index contributed by atoms with van der Waals surface area (Å²) in [6.07, 6.45) is 1.81. The molecule has 0 bridgehead atoms. The maximum Gasteiger partial charge on any atom is 0.236 e. The fraction of sp³-hybridized carbons (Fsp3) is 0.238. The standard InChI is InChI=1S/C21H22N2OS/c1-3-23(15-17-9-5-4-6-10-17)21(24)16(2)25-20-13-14-22-19-12-8-7-11-18(19)20/h4-14,16H,3,15H2,1-2H3. The van der Waals surface area contributed by atoms with Gasteiger partial charge in [-0.25, -0.2) is 0 Å². The highest BCUT2D eigenvalue weighted by Crippen LogP contribution is 2.30.